The van der Waals surface area contributed by atoms with E-state index in [9.17, 15) is 9.59 Å². The molecule has 0 spiro atoms. The number of hydrogen-bond donors (Lipinski definition) is 0. The summed E-state index contributed by atoms with van der Waals surface area (Å²) in [5.41, 5.74) is 0. The Kier molecular flexibility index (Phi) is 10.6. The lowest BCUT2D eigenvalue weighted by Gasteiger charge is -2.27. The first-order valence-corrected chi connectivity index (χ1v) is 8.74. The smallest absolute Gasteiger partial charge is 0.308 e. The molecule has 2 atom stereocenters. The molecule has 0 unspecified atom stereocenters. The molecule has 0 N–H and O–H groups in total. The van der Waals surface area contributed by atoms with Gasteiger partial charge in [0.2, 0.25) is 5.91 Å². The van der Waals surface area contributed by atoms with Gasteiger partial charge < -0.3 is 23.8 Å². The first-order valence-electron chi connectivity index (χ1n) is 8.74. The highest BCUT2D eigenvalue weighted by molar-refractivity contribution is 5.80. The molecule has 1 aliphatic heterocycles. The van der Waals surface area contributed by atoms with Crippen LogP contribution in [0.25, 0.3) is 0 Å². The number of esters is 1. The van der Waals surface area contributed by atoms with Crippen LogP contribution in [0, 0.1) is 11.8 Å². The zero-order valence-corrected chi connectivity index (χ0v) is 15.1. The molecule has 0 aromatic heterocycles. The second-order valence-electron chi connectivity index (χ2n) is 5.95. The molecular formula is C17H31NO6. The predicted octanol–water partition coefficient (Wildman–Crippen LogP) is 1.10. The lowest BCUT2D eigenvalue weighted by molar-refractivity contribution is -0.148. The van der Waals surface area contributed by atoms with Crippen LogP contribution in [0.2, 0.25) is 0 Å². The normalized spacial score (nSPS) is 20.4. The molecule has 1 heterocycles. The van der Waals surface area contributed by atoms with Crippen LogP contribution in [0.15, 0.2) is 0 Å². The van der Waals surface area contributed by atoms with E-state index in [1.807, 2.05) is 6.92 Å². The van der Waals surface area contributed by atoms with Gasteiger partial charge in [-0.25, -0.2) is 0 Å². The maximum atomic E-state index is 12.7. The van der Waals surface area contributed by atoms with Gasteiger partial charge in [-0.1, -0.05) is 13.8 Å². The van der Waals surface area contributed by atoms with Crippen LogP contribution in [-0.4, -0.2) is 76.1 Å². The highest BCUT2D eigenvalue weighted by atomic mass is 16.5. The number of nitrogens with zero attached hydrogens (tertiary/aromatic N) is 1. The van der Waals surface area contributed by atoms with Crippen molar-refractivity contribution in [3.8, 4) is 0 Å². The van der Waals surface area contributed by atoms with Crippen molar-refractivity contribution < 1.29 is 28.5 Å². The van der Waals surface area contributed by atoms with E-state index in [4.69, 9.17) is 18.9 Å². The molecule has 1 saturated heterocycles. The summed E-state index contributed by atoms with van der Waals surface area (Å²) in [7, 11) is 0. The van der Waals surface area contributed by atoms with E-state index >= 15 is 0 Å². The first-order chi connectivity index (χ1) is 11.6. The van der Waals surface area contributed by atoms with Crippen LogP contribution in [0.1, 0.15) is 27.2 Å². The molecule has 0 bridgehead atoms. The Labute approximate surface area is 144 Å². The zero-order valence-electron chi connectivity index (χ0n) is 15.1. The molecule has 1 rings (SSSR count). The fourth-order valence-corrected chi connectivity index (χ4v) is 2.55. The van der Waals surface area contributed by atoms with Gasteiger partial charge in [-0.15, -0.1) is 0 Å². The van der Waals surface area contributed by atoms with E-state index in [-0.39, 0.29) is 23.7 Å². The lowest BCUT2D eigenvalue weighted by Crippen LogP contribution is -2.41. The lowest BCUT2D eigenvalue weighted by atomic mass is 9.96. The second-order valence-corrected chi connectivity index (χ2v) is 5.95. The Hall–Kier alpha value is -1.18. The predicted molar refractivity (Wildman–Crippen MR) is 88.6 cm³/mol. The van der Waals surface area contributed by atoms with Crippen LogP contribution < -0.4 is 0 Å². The third kappa shape index (κ3) is 8.08. The topological polar surface area (TPSA) is 74.3 Å². The van der Waals surface area contributed by atoms with Gasteiger partial charge in [0.25, 0.3) is 0 Å². The molecule has 7 nitrogen and oxygen atoms in total. The molecular weight excluding hydrogens is 314 g/mol. The van der Waals surface area contributed by atoms with E-state index in [0.717, 1.165) is 0 Å². The van der Waals surface area contributed by atoms with Crippen LogP contribution >= 0.6 is 0 Å². The molecule has 7 heteroatoms. The van der Waals surface area contributed by atoms with Gasteiger partial charge in [0.15, 0.2) is 0 Å². The average molecular weight is 345 g/mol. The summed E-state index contributed by atoms with van der Waals surface area (Å²) in [6.07, 6.45) is 0.476. The Morgan fingerprint density at radius 1 is 0.917 bits per heavy atom. The van der Waals surface area contributed by atoms with Crippen molar-refractivity contribution in [1.82, 2.24) is 4.90 Å². The Bertz CT molecular complexity index is 364. The number of carbonyl (C=O) groups excluding carboxylic acids is 2. The van der Waals surface area contributed by atoms with Gasteiger partial charge in [0.05, 0.1) is 52.2 Å². The highest BCUT2D eigenvalue weighted by Gasteiger charge is 2.25. The fraction of sp³-hybridized carbons (Fsp3) is 0.882. The largest absolute Gasteiger partial charge is 0.466 e. The van der Waals surface area contributed by atoms with Crippen molar-refractivity contribution in [3.63, 3.8) is 0 Å². The molecule has 0 saturated carbocycles. The van der Waals surface area contributed by atoms with Crippen molar-refractivity contribution in [3.05, 3.63) is 0 Å². The van der Waals surface area contributed by atoms with Gasteiger partial charge in [-0.05, 0) is 13.3 Å². The molecule has 140 valence electrons. The van der Waals surface area contributed by atoms with Crippen molar-refractivity contribution in [2.75, 3.05) is 59.3 Å². The number of rotatable bonds is 5. The van der Waals surface area contributed by atoms with Crippen LogP contribution in [0.3, 0.4) is 0 Å². The Morgan fingerprint density at radius 2 is 1.42 bits per heavy atom. The van der Waals surface area contributed by atoms with E-state index in [2.05, 4.69) is 0 Å². The van der Waals surface area contributed by atoms with Gasteiger partial charge in [-0.2, -0.15) is 0 Å². The van der Waals surface area contributed by atoms with Crippen LogP contribution in [0.4, 0.5) is 0 Å². The summed E-state index contributed by atoms with van der Waals surface area (Å²) in [4.78, 5) is 26.2. The minimum absolute atomic E-state index is 0.0201. The summed E-state index contributed by atoms with van der Waals surface area (Å²) < 4.78 is 21.3. The number of hydrogen-bond acceptors (Lipinski definition) is 6. The van der Waals surface area contributed by atoms with Gasteiger partial charge >= 0.3 is 5.97 Å². The van der Waals surface area contributed by atoms with Gasteiger partial charge in [0, 0.05) is 19.0 Å². The first kappa shape index (κ1) is 20.9. The molecule has 0 aromatic rings. The minimum Gasteiger partial charge on any atom is -0.466 e. The second kappa shape index (κ2) is 12.2. The maximum absolute atomic E-state index is 12.7. The molecule has 0 aromatic carbocycles. The molecule has 1 aliphatic rings. The third-order valence-corrected chi connectivity index (χ3v) is 3.88. The van der Waals surface area contributed by atoms with E-state index in [1.54, 1.807) is 18.7 Å². The molecule has 0 aliphatic carbocycles. The molecule has 24 heavy (non-hydrogen) atoms. The summed E-state index contributed by atoms with van der Waals surface area (Å²) in [6, 6.07) is 0. The van der Waals surface area contributed by atoms with Crippen LogP contribution in [0.5, 0.6) is 0 Å². The summed E-state index contributed by atoms with van der Waals surface area (Å²) in [5.74, 6) is -0.772. The van der Waals surface area contributed by atoms with Gasteiger partial charge in [0.1, 0.15) is 0 Å². The van der Waals surface area contributed by atoms with Crippen molar-refractivity contribution in [1.29, 1.82) is 0 Å². The minimum atomic E-state index is -0.291. The van der Waals surface area contributed by atoms with Crippen LogP contribution in [-0.2, 0) is 28.5 Å². The zero-order chi connectivity index (χ0) is 17.8. The Morgan fingerprint density at radius 3 is 1.92 bits per heavy atom. The standard InChI is InChI=1S/C17H31NO6/c1-4-24-17(20)15(3)13-14(2)16(19)18-5-7-21-9-11-23-12-10-22-8-6-18/h14-15H,4-13H2,1-3H3/t14-,15+/m0/s1. The van der Waals surface area contributed by atoms with E-state index < -0.39 is 0 Å². The third-order valence-electron chi connectivity index (χ3n) is 3.88. The van der Waals surface area contributed by atoms with Crippen molar-refractivity contribution >= 4 is 11.9 Å². The summed E-state index contributed by atoms with van der Waals surface area (Å²) in [6.45, 7) is 9.83. The van der Waals surface area contributed by atoms with Crippen molar-refractivity contribution in [2.45, 2.75) is 27.2 Å². The molecule has 1 fully saturated rings. The quantitative estimate of drug-likeness (QED) is 0.695. The monoisotopic (exact) mass is 345 g/mol. The Balaban J connectivity index is 2.51. The fourth-order valence-electron chi connectivity index (χ4n) is 2.55. The maximum Gasteiger partial charge on any atom is 0.308 e. The van der Waals surface area contributed by atoms with Gasteiger partial charge in [-0.3, -0.25) is 9.59 Å². The molecule has 1 amide bonds. The number of ether oxygens (including phenoxy) is 4. The van der Waals surface area contributed by atoms with E-state index in [0.29, 0.717) is 65.8 Å². The average Bonchev–Trinajstić information content (AvgIpc) is 2.55. The number of amides is 1. The summed E-state index contributed by atoms with van der Waals surface area (Å²) in [5, 5.41) is 0. The SMILES string of the molecule is CCOC(=O)[C@H](C)C[C@H](C)C(=O)N1CCOCCOCCOCC1. The number of carbonyl (C=O) groups is 2. The van der Waals surface area contributed by atoms with Crippen molar-refractivity contribution in [2.24, 2.45) is 11.8 Å². The highest BCUT2D eigenvalue weighted by Crippen LogP contribution is 2.16. The summed E-state index contributed by atoms with van der Waals surface area (Å²) >= 11 is 0. The van der Waals surface area contributed by atoms with E-state index in [1.165, 1.54) is 0 Å². The molecule has 0 radical (unpaired) electrons.